The van der Waals surface area contributed by atoms with Gasteiger partial charge < -0.3 is 15.8 Å². The van der Waals surface area contributed by atoms with Crippen LogP contribution in [-0.4, -0.2) is 18.3 Å². The molecule has 2 aliphatic rings. The number of rotatable bonds is 10. The molecule has 5 rings (SSSR count). The molecule has 3 N–H and O–H groups in total. The van der Waals surface area contributed by atoms with Crippen molar-refractivity contribution in [1.29, 1.82) is 0 Å². The fraction of sp³-hybridized carbons (Fsp3) is 0.267. The quantitative estimate of drug-likeness (QED) is 0.211. The first-order valence-corrected chi connectivity index (χ1v) is 12.3. The monoisotopic (exact) mass is 466 g/mol. The lowest BCUT2D eigenvalue weighted by molar-refractivity contribution is -0.114. The normalized spacial score (nSPS) is 15.5. The Balaban J connectivity index is 1.33. The number of hydrogen-bond donors (Lipinski definition) is 2. The fourth-order valence-corrected chi connectivity index (χ4v) is 3.95. The molecule has 0 bridgehead atoms. The van der Waals surface area contributed by atoms with Crippen LogP contribution in [0.4, 0.5) is 11.4 Å². The molecule has 0 spiro atoms. The Labute approximate surface area is 206 Å². The number of benzene rings is 3. The van der Waals surface area contributed by atoms with E-state index >= 15 is 0 Å². The number of allylic oxidation sites excluding steroid dienone is 1. The molecule has 0 aliphatic heterocycles. The molecule has 3 aromatic carbocycles. The highest BCUT2D eigenvalue weighted by Gasteiger charge is 2.26. The summed E-state index contributed by atoms with van der Waals surface area (Å²) >= 11 is 0. The number of nitrogens with one attached hydrogen (secondary N) is 1. The Morgan fingerprint density at radius 2 is 1.51 bits per heavy atom. The minimum absolute atomic E-state index is 0.153. The van der Waals surface area contributed by atoms with Crippen LogP contribution in [0, 0.1) is 11.8 Å². The van der Waals surface area contributed by atoms with Gasteiger partial charge in [-0.25, -0.2) is 0 Å². The molecule has 0 saturated heterocycles. The Hall–Kier alpha value is -3.86. The maximum Gasteiger partial charge on any atom is 0.255 e. The molecule has 35 heavy (non-hydrogen) atoms. The van der Waals surface area contributed by atoms with Crippen LogP contribution in [0.5, 0.6) is 5.75 Å². The predicted octanol–water partition coefficient (Wildman–Crippen LogP) is 6.22. The molecule has 3 aromatic rings. The summed E-state index contributed by atoms with van der Waals surface area (Å²) in [6.45, 7) is 0.763. The van der Waals surface area contributed by atoms with Crippen molar-refractivity contribution in [1.82, 2.24) is 0 Å². The van der Waals surface area contributed by atoms with E-state index in [1.54, 1.807) is 24.3 Å². The Morgan fingerprint density at radius 1 is 0.857 bits per heavy atom. The second-order valence-corrected chi connectivity index (χ2v) is 9.57. The van der Waals surface area contributed by atoms with Crippen molar-refractivity contribution in [2.45, 2.75) is 32.1 Å². The van der Waals surface area contributed by atoms with Crippen molar-refractivity contribution in [2.75, 3.05) is 17.7 Å². The van der Waals surface area contributed by atoms with E-state index in [-0.39, 0.29) is 11.7 Å². The van der Waals surface area contributed by atoms with E-state index in [1.165, 1.54) is 12.8 Å². The first-order valence-electron chi connectivity index (χ1n) is 12.3. The lowest BCUT2D eigenvalue weighted by Gasteiger charge is -2.10. The van der Waals surface area contributed by atoms with E-state index < -0.39 is 0 Å². The molecule has 0 unspecified atom stereocenters. The van der Waals surface area contributed by atoms with Crippen molar-refractivity contribution in [3.05, 3.63) is 89.5 Å². The largest absolute Gasteiger partial charge is 0.493 e. The molecule has 0 aromatic heterocycles. The van der Waals surface area contributed by atoms with Gasteiger partial charge in [-0.15, -0.1) is 0 Å². The van der Waals surface area contributed by atoms with E-state index in [0.717, 1.165) is 36.3 Å². The number of para-hydroxylation sites is 2. The van der Waals surface area contributed by atoms with Crippen molar-refractivity contribution in [3.63, 3.8) is 0 Å². The summed E-state index contributed by atoms with van der Waals surface area (Å²) < 4.78 is 5.85. The van der Waals surface area contributed by atoms with Crippen LogP contribution >= 0.6 is 0 Å². The highest BCUT2D eigenvalue weighted by atomic mass is 16.5. The lowest BCUT2D eigenvalue weighted by atomic mass is 9.95. The minimum Gasteiger partial charge on any atom is -0.493 e. The van der Waals surface area contributed by atoms with Gasteiger partial charge in [-0.05, 0) is 91.1 Å². The molecular weight excluding hydrogens is 436 g/mol. The van der Waals surface area contributed by atoms with Crippen LogP contribution < -0.4 is 15.8 Å². The van der Waals surface area contributed by atoms with E-state index in [4.69, 9.17) is 10.5 Å². The van der Waals surface area contributed by atoms with E-state index in [9.17, 15) is 9.59 Å². The van der Waals surface area contributed by atoms with Crippen LogP contribution in [0.25, 0.3) is 11.6 Å². The van der Waals surface area contributed by atoms with Gasteiger partial charge in [0.25, 0.3) is 5.91 Å². The van der Waals surface area contributed by atoms with Gasteiger partial charge in [-0.3, -0.25) is 9.59 Å². The summed E-state index contributed by atoms with van der Waals surface area (Å²) in [7, 11) is 0. The number of hydrogen-bond acceptors (Lipinski definition) is 4. The van der Waals surface area contributed by atoms with Gasteiger partial charge in [0.1, 0.15) is 5.75 Å². The molecule has 5 heteroatoms. The number of ketones is 1. The third-order valence-corrected chi connectivity index (χ3v) is 6.51. The summed E-state index contributed by atoms with van der Waals surface area (Å²) in [5.74, 6) is 1.96. The third-order valence-electron chi connectivity index (χ3n) is 6.51. The van der Waals surface area contributed by atoms with Crippen LogP contribution in [0.15, 0.2) is 72.8 Å². The Kier molecular flexibility index (Phi) is 6.66. The second kappa shape index (κ2) is 10.2. The SMILES string of the molecule is Nc1ccccc1NC(=O)c1ccc(/C=C(/C(=O)CC2CC2)c2ccc(OCC3CC3)cc2)cc1. The molecular formula is C30H30N2O3. The number of nitrogens with two attached hydrogens (primary N) is 1. The number of anilines is 2. The van der Waals surface area contributed by atoms with E-state index in [1.807, 2.05) is 54.6 Å². The Bertz CT molecular complexity index is 1240. The number of ether oxygens (including phenoxy) is 1. The molecule has 5 nitrogen and oxygen atoms in total. The van der Waals surface area contributed by atoms with Crippen LogP contribution in [0.2, 0.25) is 0 Å². The fourth-order valence-electron chi connectivity index (χ4n) is 3.95. The zero-order valence-electron chi connectivity index (χ0n) is 19.7. The van der Waals surface area contributed by atoms with Crippen molar-refractivity contribution >= 4 is 34.7 Å². The van der Waals surface area contributed by atoms with Crippen molar-refractivity contribution < 1.29 is 14.3 Å². The van der Waals surface area contributed by atoms with Crippen LogP contribution in [-0.2, 0) is 4.79 Å². The van der Waals surface area contributed by atoms with Crippen LogP contribution in [0.3, 0.4) is 0 Å². The zero-order valence-corrected chi connectivity index (χ0v) is 19.7. The highest BCUT2D eigenvalue weighted by molar-refractivity contribution is 6.25. The minimum atomic E-state index is -0.231. The number of carbonyl (C=O) groups excluding carboxylic acids is 2. The molecule has 0 radical (unpaired) electrons. The second-order valence-electron chi connectivity index (χ2n) is 9.57. The van der Waals surface area contributed by atoms with E-state index in [2.05, 4.69) is 5.32 Å². The van der Waals surface area contributed by atoms with E-state index in [0.29, 0.717) is 40.8 Å². The van der Waals surface area contributed by atoms with Crippen LogP contribution in [0.1, 0.15) is 53.6 Å². The molecule has 0 heterocycles. The third kappa shape index (κ3) is 6.18. The summed E-state index contributed by atoms with van der Waals surface area (Å²) in [6.07, 6.45) is 7.25. The summed E-state index contributed by atoms with van der Waals surface area (Å²) in [5, 5.41) is 2.84. The maximum atomic E-state index is 13.1. The van der Waals surface area contributed by atoms with Gasteiger partial charge in [0.05, 0.1) is 18.0 Å². The number of amides is 1. The maximum absolute atomic E-state index is 13.1. The number of nitrogen functional groups attached to an aromatic ring is 1. The first kappa shape index (κ1) is 22.9. The zero-order chi connectivity index (χ0) is 24.2. The topological polar surface area (TPSA) is 81.4 Å². The van der Waals surface area contributed by atoms with Gasteiger partial charge in [-0.2, -0.15) is 0 Å². The number of carbonyl (C=O) groups is 2. The van der Waals surface area contributed by atoms with Gasteiger partial charge in [0.15, 0.2) is 5.78 Å². The predicted molar refractivity (Wildman–Crippen MR) is 140 cm³/mol. The molecule has 178 valence electrons. The van der Waals surface area contributed by atoms with Gasteiger partial charge in [0, 0.05) is 17.6 Å². The summed E-state index contributed by atoms with van der Waals surface area (Å²) in [6, 6.07) is 22.2. The standard InChI is InChI=1S/C30H30N2O3/c31-27-3-1-2-4-28(27)32-30(34)24-11-9-20(10-12-24)17-26(29(33)18-21-5-6-21)23-13-15-25(16-14-23)35-19-22-7-8-22/h1-4,9-17,21-22H,5-8,18-19,31H2,(H,32,34)/b26-17+. The molecule has 0 atom stereocenters. The highest BCUT2D eigenvalue weighted by Crippen LogP contribution is 2.35. The van der Waals surface area contributed by atoms with Gasteiger partial charge >= 0.3 is 0 Å². The average Bonchev–Trinajstić information content (AvgIpc) is 3.80. The summed E-state index contributed by atoms with van der Waals surface area (Å²) in [5.41, 5.74) is 10.00. The lowest BCUT2D eigenvalue weighted by Crippen LogP contribution is -2.13. The smallest absolute Gasteiger partial charge is 0.255 e. The van der Waals surface area contributed by atoms with Gasteiger partial charge in [0.2, 0.25) is 0 Å². The molecule has 2 saturated carbocycles. The van der Waals surface area contributed by atoms with Crippen molar-refractivity contribution in [2.24, 2.45) is 11.8 Å². The van der Waals surface area contributed by atoms with Gasteiger partial charge in [-0.1, -0.05) is 36.4 Å². The first-order chi connectivity index (χ1) is 17.0. The summed E-state index contributed by atoms with van der Waals surface area (Å²) in [4.78, 5) is 25.8. The average molecular weight is 467 g/mol. The Morgan fingerprint density at radius 3 is 2.17 bits per heavy atom. The van der Waals surface area contributed by atoms with Crippen molar-refractivity contribution in [3.8, 4) is 5.75 Å². The number of Topliss-reactive ketones (excluding diaryl/α,β-unsaturated/α-hetero) is 1. The molecule has 2 aliphatic carbocycles. The molecule has 1 amide bonds. The molecule has 2 fully saturated rings.